The zero-order valence-electron chi connectivity index (χ0n) is 16.0. The minimum absolute atomic E-state index is 0.0521. The monoisotopic (exact) mass is 463 g/mol. The summed E-state index contributed by atoms with van der Waals surface area (Å²) in [7, 11) is 4.01. The summed E-state index contributed by atoms with van der Waals surface area (Å²) in [5, 5.41) is 0. The molecule has 8 heteroatoms. The van der Waals surface area contributed by atoms with E-state index in [1.807, 2.05) is 38.4 Å². The van der Waals surface area contributed by atoms with E-state index in [2.05, 4.69) is 25.8 Å². The van der Waals surface area contributed by atoms with E-state index in [1.54, 1.807) is 0 Å². The van der Waals surface area contributed by atoms with Gasteiger partial charge in [-0.15, -0.1) is 0 Å². The van der Waals surface area contributed by atoms with E-state index < -0.39 is 11.6 Å². The third-order valence-corrected chi connectivity index (χ3v) is 4.88. The maximum absolute atomic E-state index is 13.7. The van der Waals surface area contributed by atoms with Gasteiger partial charge in [0.2, 0.25) is 5.88 Å². The van der Waals surface area contributed by atoms with Gasteiger partial charge in [-0.2, -0.15) is 0 Å². The van der Waals surface area contributed by atoms with Gasteiger partial charge in [0.25, 0.3) is 5.56 Å². The molecule has 0 spiro atoms. The molecule has 0 radical (unpaired) electrons. The fourth-order valence-electron chi connectivity index (χ4n) is 2.76. The van der Waals surface area contributed by atoms with Crippen molar-refractivity contribution in [1.82, 2.24) is 14.5 Å². The Morgan fingerprint density at radius 3 is 2.45 bits per heavy atom. The SMILES string of the molecule is CN(C)Cc1ccc(Cn2cnc(OCc3ccc(F)cc3F)c(Br)c2=O)cc1. The average Bonchev–Trinajstić information content (AvgIpc) is 2.67. The molecule has 0 saturated heterocycles. The van der Waals surface area contributed by atoms with E-state index in [1.165, 1.54) is 22.5 Å². The molecule has 0 amide bonds. The van der Waals surface area contributed by atoms with E-state index in [-0.39, 0.29) is 28.1 Å². The largest absolute Gasteiger partial charge is 0.472 e. The van der Waals surface area contributed by atoms with Gasteiger partial charge >= 0.3 is 0 Å². The number of aromatic nitrogens is 2. The topological polar surface area (TPSA) is 47.4 Å². The van der Waals surface area contributed by atoms with Gasteiger partial charge in [-0.25, -0.2) is 13.8 Å². The first-order valence-corrected chi connectivity index (χ1v) is 9.67. The van der Waals surface area contributed by atoms with Crippen LogP contribution in [0.4, 0.5) is 8.78 Å². The highest BCUT2D eigenvalue weighted by Crippen LogP contribution is 2.20. The smallest absolute Gasteiger partial charge is 0.271 e. The summed E-state index contributed by atoms with van der Waals surface area (Å²) in [5.74, 6) is -1.33. The minimum Gasteiger partial charge on any atom is -0.472 e. The third kappa shape index (κ3) is 5.48. The van der Waals surface area contributed by atoms with Gasteiger partial charge in [-0.3, -0.25) is 9.36 Å². The molecule has 2 aromatic carbocycles. The molecule has 0 saturated carbocycles. The van der Waals surface area contributed by atoms with Gasteiger partial charge in [-0.1, -0.05) is 24.3 Å². The van der Waals surface area contributed by atoms with Crippen molar-refractivity contribution in [2.45, 2.75) is 19.7 Å². The van der Waals surface area contributed by atoms with E-state index in [4.69, 9.17) is 4.74 Å². The Morgan fingerprint density at radius 2 is 1.79 bits per heavy atom. The summed E-state index contributed by atoms with van der Waals surface area (Å²) in [4.78, 5) is 18.8. The van der Waals surface area contributed by atoms with Crippen LogP contribution in [-0.4, -0.2) is 28.5 Å². The zero-order chi connectivity index (χ0) is 21.0. The summed E-state index contributed by atoms with van der Waals surface area (Å²) in [6.45, 7) is 1.03. The highest BCUT2D eigenvalue weighted by Gasteiger charge is 2.12. The summed E-state index contributed by atoms with van der Waals surface area (Å²) < 4.78 is 33.7. The fourth-order valence-corrected chi connectivity index (χ4v) is 3.20. The predicted molar refractivity (Wildman–Crippen MR) is 110 cm³/mol. The summed E-state index contributed by atoms with van der Waals surface area (Å²) in [5.41, 5.74) is 2.00. The first kappa shape index (κ1) is 21.1. The van der Waals surface area contributed by atoms with Crippen molar-refractivity contribution in [3.8, 4) is 5.88 Å². The lowest BCUT2D eigenvalue weighted by molar-refractivity contribution is 0.283. The Morgan fingerprint density at radius 1 is 1.10 bits per heavy atom. The molecule has 29 heavy (non-hydrogen) atoms. The van der Waals surface area contributed by atoms with Crippen LogP contribution in [0.3, 0.4) is 0 Å². The van der Waals surface area contributed by atoms with Crippen molar-refractivity contribution in [2.75, 3.05) is 14.1 Å². The van der Waals surface area contributed by atoms with E-state index in [0.29, 0.717) is 6.54 Å². The second-order valence-corrected chi connectivity index (χ2v) is 7.67. The van der Waals surface area contributed by atoms with Crippen molar-refractivity contribution in [2.24, 2.45) is 0 Å². The quantitative estimate of drug-likeness (QED) is 0.531. The van der Waals surface area contributed by atoms with Gasteiger partial charge in [0.15, 0.2) is 0 Å². The molecule has 0 aliphatic carbocycles. The fraction of sp³-hybridized carbons (Fsp3) is 0.238. The van der Waals surface area contributed by atoms with E-state index >= 15 is 0 Å². The number of nitrogens with zero attached hydrogens (tertiary/aromatic N) is 3. The van der Waals surface area contributed by atoms with Crippen LogP contribution in [0.2, 0.25) is 0 Å². The van der Waals surface area contributed by atoms with Gasteiger partial charge in [0.1, 0.15) is 29.0 Å². The molecule has 152 valence electrons. The number of hydrogen-bond acceptors (Lipinski definition) is 4. The molecule has 0 fully saturated rings. The minimum atomic E-state index is -0.716. The number of rotatable bonds is 7. The van der Waals surface area contributed by atoms with Crippen LogP contribution in [0.1, 0.15) is 16.7 Å². The molecular weight excluding hydrogens is 444 g/mol. The maximum atomic E-state index is 13.7. The van der Waals surface area contributed by atoms with Crippen molar-refractivity contribution >= 4 is 15.9 Å². The third-order valence-electron chi connectivity index (χ3n) is 4.20. The number of hydrogen-bond donors (Lipinski definition) is 0. The highest BCUT2D eigenvalue weighted by molar-refractivity contribution is 9.10. The molecule has 0 atom stereocenters. The van der Waals surface area contributed by atoms with Crippen molar-refractivity contribution in [3.63, 3.8) is 0 Å². The number of ether oxygens (including phenoxy) is 1. The Balaban J connectivity index is 1.71. The number of benzene rings is 2. The highest BCUT2D eigenvalue weighted by atomic mass is 79.9. The Bertz CT molecular complexity index is 1050. The van der Waals surface area contributed by atoms with Crippen LogP contribution in [0.15, 0.2) is 58.1 Å². The summed E-state index contributed by atoms with van der Waals surface area (Å²) in [6.07, 6.45) is 1.39. The molecule has 0 N–H and O–H groups in total. The first-order chi connectivity index (χ1) is 13.8. The molecule has 1 heterocycles. The molecule has 0 aliphatic rings. The molecule has 0 aliphatic heterocycles. The second kappa shape index (κ2) is 9.28. The van der Waals surface area contributed by atoms with Gasteiger partial charge < -0.3 is 9.64 Å². The predicted octanol–water partition coefficient (Wildman–Crippen LogP) is 3.97. The summed E-state index contributed by atoms with van der Waals surface area (Å²) in [6, 6.07) is 11.2. The van der Waals surface area contributed by atoms with Crippen LogP contribution in [-0.2, 0) is 19.7 Å². The summed E-state index contributed by atoms with van der Waals surface area (Å²) >= 11 is 3.21. The molecule has 0 unspecified atom stereocenters. The molecule has 0 bridgehead atoms. The van der Waals surface area contributed by atoms with Gasteiger partial charge in [-0.05, 0) is 53.3 Å². The second-order valence-electron chi connectivity index (χ2n) is 6.88. The lowest BCUT2D eigenvalue weighted by atomic mass is 10.1. The molecule has 3 aromatic rings. The van der Waals surface area contributed by atoms with Crippen molar-refractivity contribution in [3.05, 3.63) is 91.9 Å². The van der Waals surface area contributed by atoms with E-state index in [9.17, 15) is 13.6 Å². The van der Waals surface area contributed by atoms with Crippen LogP contribution < -0.4 is 10.3 Å². The van der Waals surface area contributed by atoms with Gasteiger partial charge in [0, 0.05) is 18.2 Å². The normalized spacial score (nSPS) is 11.1. The first-order valence-electron chi connectivity index (χ1n) is 8.87. The average molecular weight is 464 g/mol. The van der Waals surface area contributed by atoms with Crippen LogP contribution in [0.5, 0.6) is 5.88 Å². The van der Waals surface area contributed by atoms with Crippen LogP contribution in [0.25, 0.3) is 0 Å². The van der Waals surface area contributed by atoms with Gasteiger partial charge in [0.05, 0.1) is 6.54 Å². The molecule has 3 rings (SSSR count). The maximum Gasteiger partial charge on any atom is 0.271 e. The lowest BCUT2D eigenvalue weighted by Gasteiger charge is -2.12. The Kier molecular flexibility index (Phi) is 6.76. The van der Waals surface area contributed by atoms with Crippen LogP contribution in [0, 0.1) is 11.6 Å². The van der Waals surface area contributed by atoms with Crippen LogP contribution >= 0.6 is 15.9 Å². The molecular formula is C21H20BrF2N3O2. The molecule has 1 aromatic heterocycles. The Hall–Kier alpha value is -2.58. The van der Waals surface area contributed by atoms with Crippen molar-refractivity contribution < 1.29 is 13.5 Å². The standard InChI is InChI=1S/C21H20BrF2N3O2/c1-26(2)10-14-3-5-15(6-4-14)11-27-13-25-20(19(22)21(27)28)29-12-16-7-8-17(23)9-18(16)24/h3-9,13H,10-12H2,1-2H3. The lowest BCUT2D eigenvalue weighted by Crippen LogP contribution is -2.22. The zero-order valence-corrected chi connectivity index (χ0v) is 17.6. The molecule has 5 nitrogen and oxygen atoms in total. The Labute approximate surface area is 175 Å². The van der Waals surface area contributed by atoms with Crippen molar-refractivity contribution in [1.29, 1.82) is 0 Å². The number of halogens is 3. The van der Waals surface area contributed by atoms with E-state index in [0.717, 1.165) is 24.2 Å².